The van der Waals surface area contributed by atoms with Crippen LogP contribution < -0.4 is 5.32 Å². The Labute approximate surface area is 242 Å². The molecule has 1 N–H and O–H groups in total. The first-order valence-corrected chi connectivity index (χ1v) is 16.2. The number of pyridine rings is 2. The van der Waals surface area contributed by atoms with E-state index in [2.05, 4.69) is 73.3 Å². The van der Waals surface area contributed by atoms with Gasteiger partial charge in [-0.15, -0.1) is 5.10 Å². The van der Waals surface area contributed by atoms with Crippen molar-refractivity contribution in [3.8, 4) is 0 Å². The van der Waals surface area contributed by atoms with Gasteiger partial charge in [0.05, 0.1) is 29.4 Å². The van der Waals surface area contributed by atoms with Gasteiger partial charge in [0.1, 0.15) is 12.2 Å². The van der Waals surface area contributed by atoms with E-state index in [1.54, 1.807) is 18.6 Å². The number of carbonyl (C=O) groups is 2. The minimum absolute atomic E-state index is 0.0419. The topological polar surface area (TPSA) is 117 Å². The summed E-state index contributed by atoms with van der Waals surface area (Å²) >= 11 is 0. The summed E-state index contributed by atoms with van der Waals surface area (Å²) in [6.07, 6.45) is 2.42. The zero-order valence-corrected chi connectivity index (χ0v) is 25.6. The van der Waals surface area contributed by atoms with Crippen molar-refractivity contribution < 1.29 is 27.2 Å². The highest BCUT2D eigenvalue weighted by Crippen LogP contribution is 2.38. The second-order valence-electron chi connectivity index (χ2n) is 12.3. The molecule has 4 aromatic heterocycles. The van der Waals surface area contributed by atoms with Gasteiger partial charge in [0.2, 0.25) is 11.7 Å². The maximum Gasteiger partial charge on any atom is 0.436 e. The van der Waals surface area contributed by atoms with E-state index in [1.165, 1.54) is 18.3 Å². The quantitative estimate of drug-likeness (QED) is 0.194. The van der Waals surface area contributed by atoms with E-state index in [0.717, 1.165) is 10.2 Å². The average Bonchev–Trinajstić information content (AvgIpc) is 3.52. The fourth-order valence-electron chi connectivity index (χ4n) is 4.02. The second-order valence-corrected chi connectivity index (χ2v) is 17.1. The Morgan fingerprint density at radius 2 is 1.76 bits per heavy atom. The Bertz CT molecular complexity index is 1620. The molecule has 10 nitrogen and oxygen atoms in total. The summed E-state index contributed by atoms with van der Waals surface area (Å²) in [5.74, 6) is -1.03. The molecule has 0 aromatic carbocycles. The van der Waals surface area contributed by atoms with Crippen molar-refractivity contribution in [1.29, 1.82) is 0 Å². The minimum Gasteiger partial charge on any atom is -0.414 e. The monoisotopic (exact) mass is 601 g/mol. The molecule has 0 saturated carbocycles. The van der Waals surface area contributed by atoms with Crippen molar-refractivity contribution >= 4 is 36.6 Å². The molecule has 0 fully saturated rings. The molecule has 224 valence electrons. The molecule has 0 saturated heterocycles. The number of aromatic nitrogens is 6. The number of fused-ring (bicyclic) bond motifs is 1. The van der Waals surface area contributed by atoms with Crippen LogP contribution >= 0.6 is 0 Å². The van der Waals surface area contributed by atoms with Crippen LogP contribution in [0.15, 0.2) is 49.2 Å². The Kier molecular flexibility index (Phi) is 8.17. The highest BCUT2D eigenvalue weighted by molar-refractivity contribution is 6.74. The number of rotatable bonds is 9. The maximum atomic E-state index is 13.7. The summed E-state index contributed by atoms with van der Waals surface area (Å²) in [5, 5.41) is 9.63. The van der Waals surface area contributed by atoms with Gasteiger partial charge in [0.25, 0.3) is 0 Å². The Balaban J connectivity index is 1.56. The number of alkyl halides is 3. The van der Waals surface area contributed by atoms with E-state index >= 15 is 0 Å². The summed E-state index contributed by atoms with van der Waals surface area (Å²) in [4.78, 5) is 34.6. The van der Waals surface area contributed by atoms with E-state index in [-0.39, 0.29) is 22.2 Å². The third kappa shape index (κ3) is 6.59. The number of amides is 1. The van der Waals surface area contributed by atoms with Crippen LogP contribution in [0.4, 0.5) is 18.9 Å². The van der Waals surface area contributed by atoms with Crippen LogP contribution in [0.3, 0.4) is 0 Å². The molecule has 4 heterocycles. The second kappa shape index (κ2) is 11.1. The first-order valence-electron chi connectivity index (χ1n) is 13.3. The molecule has 0 aliphatic carbocycles. The van der Waals surface area contributed by atoms with Gasteiger partial charge in [-0.05, 0) is 50.2 Å². The van der Waals surface area contributed by atoms with Crippen molar-refractivity contribution in [3.63, 3.8) is 0 Å². The predicted octanol–water partition coefficient (Wildman–Crippen LogP) is 5.67. The normalized spacial score (nSPS) is 13.0. The lowest BCUT2D eigenvalue weighted by Gasteiger charge is -2.39. The van der Waals surface area contributed by atoms with Crippen LogP contribution in [-0.4, -0.2) is 56.1 Å². The van der Waals surface area contributed by atoms with E-state index in [1.807, 2.05) is 10.6 Å². The molecule has 42 heavy (non-hydrogen) atoms. The zero-order valence-electron chi connectivity index (χ0n) is 24.6. The molecule has 0 atom stereocenters. The van der Waals surface area contributed by atoms with E-state index in [0.29, 0.717) is 23.8 Å². The number of ketones is 1. The van der Waals surface area contributed by atoms with Gasteiger partial charge in [0, 0.05) is 35.9 Å². The Morgan fingerprint density at radius 3 is 2.40 bits per heavy atom. The van der Waals surface area contributed by atoms with Crippen LogP contribution in [0.5, 0.6) is 0 Å². The fraction of sp³-hybridized carbons (Fsp3) is 0.429. The number of hydrogen-bond acceptors (Lipinski definition) is 7. The molecule has 0 aliphatic heterocycles. The maximum absolute atomic E-state index is 13.7. The molecule has 0 aliphatic rings. The summed E-state index contributed by atoms with van der Waals surface area (Å²) in [7, 11) is -2.03. The Morgan fingerprint density at radius 1 is 1.05 bits per heavy atom. The van der Waals surface area contributed by atoms with Crippen LogP contribution in [0.1, 0.15) is 56.4 Å². The van der Waals surface area contributed by atoms with Crippen LogP contribution in [0, 0.1) is 0 Å². The molecule has 4 aromatic rings. The highest BCUT2D eigenvalue weighted by Gasteiger charge is 2.39. The molecular formula is C28H34F3N7O3Si. The molecule has 4 rings (SSSR count). The largest absolute Gasteiger partial charge is 0.436 e. The molecule has 1 amide bonds. The molecular weight excluding hydrogens is 567 g/mol. The van der Waals surface area contributed by atoms with Gasteiger partial charge in [-0.1, -0.05) is 26.0 Å². The standard InChI is InChI=1S/C28H34F3N7O3Si/c1-26(2,3)42(6,7)41-17-27(4,5)38-14-20(19-13-32-10-9-22(19)38)25(40)21-12-18(8-11-33-21)34-24(39)16-37-15-23(35-36-37)28(29,30)31/h8-15H,16-17H2,1-7H3,(H,33,34,39). The third-order valence-electron chi connectivity index (χ3n) is 7.51. The first kappa shape index (κ1) is 31.0. The zero-order chi connectivity index (χ0) is 31.1. The van der Waals surface area contributed by atoms with Gasteiger partial charge >= 0.3 is 6.18 Å². The third-order valence-corrected chi connectivity index (χ3v) is 12.0. The summed E-state index contributed by atoms with van der Waals surface area (Å²) in [6, 6.07) is 4.73. The number of nitrogens with one attached hydrogen (secondary N) is 1. The molecule has 0 spiro atoms. The Hall–Kier alpha value is -3.91. The fourth-order valence-corrected chi connectivity index (χ4v) is 5.17. The lowest BCUT2D eigenvalue weighted by atomic mass is 10.1. The molecule has 14 heteroatoms. The number of carbonyl (C=O) groups excluding carboxylic acids is 2. The molecule has 0 radical (unpaired) electrons. The number of halogens is 3. The van der Waals surface area contributed by atoms with Crippen LogP contribution in [0.2, 0.25) is 18.1 Å². The summed E-state index contributed by atoms with van der Waals surface area (Å²) in [5.41, 5.74) is -0.171. The van der Waals surface area contributed by atoms with Gasteiger partial charge < -0.3 is 14.3 Å². The summed E-state index contributed by atoms with van der Waals surface area (Å²) < 4.78 is 47.6. The summed E-state index contributed by atoms with van der Waals surface area (Å²) in [6.45, 7) is 15.0. The molecule has 0 bridgehead atoms. The van der Waals surface area contributed by atoms with Gasteiger partial charge in [0.15, 0.2) is 14.0 Å². The van der Waals surface area contributed by atoms with Crippen molar-refractivity contribution in [2.45, 2.75) is 71.0 Å². The van der Waals surface area contributed by atoms with E-state index < -0.39 is 38.2 Å². The lowest BCUT2D eigenvalue weighted by Crippen LogP contribution is -2.45. The number of nitrogens with zero attached hydrogens (tertiary/aromatic N) is 6. The number of hydrogen-bond donors (Lipinski definition) is 1. The molecule has 0 unspecified atom stereocenters. The lowest BCUT2D eigenvalue weighted by molar-refractivity contribution is -0.141. The van der Waals surface area contributed by atoms with Crippen molar-refractivity contribution in [2.75, 3.05) is 11.9 Å². The smallest absolute Gasteiger partial charge is 0.414 e. The van der Waals surface area contributed by atoms with Crippen LogP contribution in [-0.2, 0) is 27.5 Å². The van der Waals surface area contributed by atoms with Crippen molar-refractivity contribution in [1.82, 2.24) is 29.5 Å². The van der Waals surface area contributed by atoms with Gasteiger partial charge in [-0.3, -0.25) is 19.6 Å². The predicted molar refractivity (Wildman–Crippen MR) is 154 cm³/mol. The number of anilines is 1. The van der Waals surface area contributed by atoms with Gasteiger partial charge in [-0.25, -0.2) is 4.68 Å². The first-order chi connectivity index (χ1) is 19.4. The highest BCUT2D eigenvalue weighted by atomic mass is 28.4. The minimum atomic E-state index is -4.67. The van der Waals surface area contributed by atoms with Gasteiger partial charge in [-0.2, -0.15) is 13.2 Å². The van der Waals surface area contributed by atoms with E-state index in [9.17, 15) is 22.8 Å². The van der Waals surface area contributed by atoms with Crippen LogP contribution in [0.25, 0.3) is 10.9 Å². The van der Waals surface area contributed by atoms with Crippen molar-refractivity contribution in [3.05, 3.63) is 66.1 Å². The van der Waals surface area contributed by atoms with E-state index in [4.69, 9.17) is 4.43 Å². The average molecular weight is 602 g/mol. The SMILES string of the molecule is CC(C)(CO[Si](C)(C)C(C)(C)C)n1cc(C(=O)c2cc(NC(=O)Cn3cc(C(F)(F)F)nn3)ccn2)c2cnccc21. The van der Waals surface area contributed by atoms with Crippen molar-refractivity contribution in [2.24, 2.45) is 0 Å².